The number of aryl methyl sites for hydroxylation is 1. The highest BCUT2D eigenvalue weighted by Crippen LogP contribution is 2.34. The minimum absolute atomic E-state index is 0.0117. The summed E-state index contributed by atoms with van der Waals surface area (Å²) in [5.41, 5.74) is 5.48. The van der Waals surface area contributed by atoms with E-state index < -0.39 is 0 Å². The lowest BCUT2D eigenvalue weighted by Crippen LogP contribution is -2.32. The fourth-order valence-electron chi connectivity index (χ4n) is 4.53. The van der Waals surface area contributed by atoms with Crippen LogP contribution in [0.25, 0.3) is 10.9 Å². The fourth-order valence-corrected chi connectivity index (χ4v) is 4.53. The number of amides is 1. The largest absolute Gasteiger partial charge is 0.493 e. The minimum atomic E-state index is -0.0195. The number of ether oxygens (including phenoxy) is 1. The van der Waals surface area contributed by atoms with Crippen LogP contribution in [0.15, 0.2) is 42.5 Å². The Hall–Kier alpha value is -2.75. The van der Waals surface area contributed by atoms with Gasteiger partial charge in [-0.3, -0.25) is 4.79 Å². The monoisotopic (exact) mass is 360 g/mol. The predicted octanol–water partition coefficient (Wildman–Crippen LogP) is 4.55. The van der Waals surface area contributed by atoms with Crippen LogP contribution in [-0.2, 0) is 12.8 Å². The lowest BCUT2D eigenvalue weighted by molar-refractivity contribution is 0.0926. The maximum absolute atomic E-state index is 13.1. The molecule has 0 bridgehead atoms. The summed E-state index contributed by atoms with van der Waals surface area (Å²) in [7, 11) is 0. The van der Waals surface area contributed by atoms with E-state index in [4.69, 9.17) is 4.74 Å². The molecule has 0 saturated carbocycles. The van der Waals surface area contributed by atoms with Crippen molar-refractivity contribution in [1.82, 2.24) is 10.3 Å². The summed E-state index contributed by atoms with van der Waals surface area (Å²) in [6.45, 7) is 2.93. The standard InChI is InChI=1S/C23H24N2O2/c1-14-9-10-19-18(13-14)15-6-4-7-17(22(15)24-19)23(26)25-20-11-12-27-21-8-3-2-5-16(20)21/h2-8,14,20,24H,9-13H2,1H3,(H,25,26). The van der Waals surface area contributed by atoms with Crippen LogP contribution in [0, 0.1) is 5.92 Å². The minimum Gasteiger partial charge on any atom is -0.493 e. The van der Waals surface area contributed by atoms with Crippen molar-refractivity contribution in [3.8, 4) is 5.75 Å². The first kappa shape index (κ1) is 16.4. The van der Waals surface area contributed by atoms with Gasteiger partial charge in [-0.05, 0) is 42.9 Å². The van der Waals surface area contributed by atoms with E-state index >= 15 is 0 Å². The van der Waals surface area contributed by atoms with Gasteiger partial charge in [-0.1, -0.05) is 37.3 Å². The molecule has 0 saturated heterocycles. The van der Waals surface area contributed by atoms with Crippen molar-refractivity contribution in [2.24, 2.45) is 5.92 Å². The molecule has 2 aliphatic rings. The summed E-state index contributed by atoms with van der Waals surface area (Å²) in [6.07, 6.45) is 4.16. The molecule has 138 valence electrons. The molecule has 5 rings (SSSR count). The zero-order valence-electron chi connectivity index (χ0n) is 15.5. The summed E-state index contributed by atoms with van der Waals surface area (Å²) in [4.78, 5) is 16.7. The molecular formula is C23H24N2O2. The van der Waals surface area contributed by atoms with E-state index in [2.05, 4.69) is 23.3 Å². The molecule has 4 heteroatoms. The van der Waals surface area contributed by atoms with Gasteiger partial charge in [-0.2, -0.15) is 0 Å². The molecule has 1 aliphatic carbocycles. The van der Waals surface area contributed by atoms with Crippen LogP contribution in [0.3, 0.4) is 0 Å². The Morgan fingerprint density at radius 1 is 1.15 bits per heavy atom. The summed E-state index contributed by atoms with van der Waals surface area (Å²) in [6, 6.07) is 14.0. The van der Waals surface area contributed by atoms with E-state index in [1.807, 2.05) is 36.4 Å². The number of aromatic amines is 1. The van der Waals surface area contributed by atoms with Crippen molar-refractivity contribution < 1.29 is 9.53 Å². The number of aromatic nitrogens is 1. The molecule has 0 spiro atoms. The van der Waals surface area contributed by atoms with Crippen LogP contribution in [0.5, 0.6) is 5.75 Å². The normalized spacial score (nSPS) is 21.2. The summed E-state index contributed by atoms with van der Waals surface area (Å²) >= 11 is 0. The highest BCUT2D eigenvalue weighted by atomic mass is 16.5. The average molecular weight is 360 g/mol. The number of carbonyl (C=O) groups is 1. The first-order chi connectivity index (χ1) is 13.2. The van der Waals surface area contributed by atoms with Gasteiger partial charge in [0.1, 0.15) is 5.75 Å². The molecule has 1 amide bonds. The van der Waals surface area contributed by atoms with Gasteiger partial charge >= 0.3 is 0 Å². The van der Waals surface area contributed by atoms with Gasteiger partial charge in [0.25, 0.3) is 5.91 Å². The van der Waals surface area contributed by atoms with E-state index in [9.17, 15) is 4.79 Å². The van der Waals surface area contributed by atoms with Crippen molar-refractivity contribution in [3.63, 3.8) is 0 Å². The first-order valence-electron chi connectivity index (χ1n) is 9.85. The predicted molar refractivity (Wildman–Crippen MR) is 106 cm³/mol. The third-order valence-corrected chi connectivity index (χ3v) is 5.98. The number of rotatable bonds is 2. The maximum atomic E-state index is 13.1. The van der Waals surface area contributed by atoms with Gasteiger partial charge in [-0.25, -0.2) is 0 Å². The summed E-state index contributed by atoms with van der Waals surface area (Å²) in [5.74, 6) is 1.55. The number of carbonyl (C=O) groups excluding carboxylic acids is 1. The molecule has 1 aliphatic heterocycles. The van der Waals surface area contributed by atoms with Crippen LogP contribution in [-0.4, -0.2) is 17.5 Å². The zero-order valence-corrected chi connectivity index (χ0v) is 15.5. The Morgan fingerprint density at radius 3 is 2.96 bits per heavy atom. The molecule has 2 atom stereocenters. The van der Waals surface area contributed by atoms with Crippen molar-refractivity contribution >= 4 is 16.8 Å². The van der Waals surface area contributed by atoms with E-state index in [1.54, 1.807) is 0 Å². The van der Waals surface area contributed by atoms with Gasteiger partial charge < -0.3 is 15.0 Å². The van der Waals surface area contributed by atoms with Gasteiger partial charge in [0.2, 0.25) is 0 Å². The van der Waals surface area contributed by atoms with Crippen molar-refractivity contribution in [2.75, 3.05) is 6.61 Å². The third kappa shape index (κ3) is 2.80. The SMILES string of the molecule is CC1CCc2[nH]c3c(C(=O)NC4CCOc5ccccc54)cccc3c2C1. The lowest BCUT2D eigenvalue weighted by atomic mass is 9.87. The number of hydrogen-bond donors (Lipinski definition) is 2. The number of benzene rings is 2. The molecule has 2 N–H and O–H groups in total. The van der Waals surface area contributed by atoms with E-state index in [0.29, 0.717) is 12.5 Å². The maximum Gasteiger partial charge on any atom is 0.253 e. The third-order valence-electron chi connectivity index (χ3n) is 5.98. The van der Waals surface area contributed by atoms with Gasteiger partial charge in [0, 0.05) is 23.1 Å². The first-order valence-corrected chi connectivity index (χ1v) is 9.85. The second-order valence-corrected chi connectivity index (χ2v) is 7.86. The number of H-pyrrole nitrogens is 1. The van der Waals surface area contributed by atoms with Crippen LogP contribution in [0.4, 0.5) is 0 Å². The molecule has 0 fully saturated rings. The molecule has 2 heterocycles. The van der Waals surface area contributed by atoms with Crippen LogP contribution >= 0.6 is 0 Å². The fraction of sp³-hybridized carbons (Fsp3) is 0.348. The molecule has 3 aromatic rings. The zero-order chi connectivity index (χ0) is 18.4. The smallest absolute Gasteiger partial charge is 0.253 e. The Bertz CT molecular complexity index is 1020. The average Bonchev–Trinajstić information content (AvgIpc) is 3.06. The molecule has 2 unspecified atom stereocenters. The summed E-state index contributed by atoms with van der Waals surface area (Å²) in [5, 5.41) is 4.44. The highest BCUT2D eigenvalue weighted by molar-refractivity contribution is 6.07. The lowest BCUT2D eigenvalue weighted by Gasteiger charge is -2.26. The molecule has 0 radical (unpaired) electrons. The number of fused-ring (bicyclic) bond motifs is 4. The van der Waals surface area contributed by atoms with Crippen LogP contribution in [0.2, 0.25) is 0 Å². The molecule has 2 aromatic carbocycles. The molecular weight excluding hydrogens is 336 g/mol. The Balaban J connectivity index is 1.49. The van der Waals surface area contributed by atoms with E-state index in [0.717, 1.165) is 41.7 Å². The van der Waals surface area contributed by atoms with E-state index in [1.165, 1.54) is 23.1 Å². The highest BCUT2D eigenvalue weighted by Gasteiger charge is 2.26. The molecule has 4 nitrogen and oxygen atoms in total. The molecule has 1 aromatic heterocycles. The number of hydrogen-bond acceptors (Lipinski definition) is 2. The quantitative estimate of drug-likeness (QED) is 0.705. The van der Waals surface area contributed by atoms with Crippen molar-refractivity contribution in [2.45, 2.75) is 38.6 Å². The van der Waals surface area contributed by atoms with Gasteiger partial charge in [0.05, 0.1) is 23.7 Å². The summed E-state index contributed by atoms with van der Waals surface area (Å²) < 4.78 is 5.72. The van der Waals surface area contributed by atoms with Crippen LogP contribution in [0.1, 0.15) is 53.0 Å². The van der Waals surface area contributed by atoms with Gasteiger partial charge in [-0.15, -0.1) is 0 Å². The Labute approximate surface area is 158 Å². The van der Waals surface area contributed by atoms with Crippen molar-refractivity contribution in [3.05, 3.63) is 64.8 Å². The number of para-hydroxylation sites is 2. The molecule has 27 heavy (non-hydrogen) atoms. The second-order valence-electron chi connectivity index (χ2n) is 7.86. The Kier molecular flexibility index (Phi) is 3.92. The van der Waals surface area contributed by atoms with Crippen molar-refractivity contribution in [1.29, 1.82) is 0 Å². The van der Waals surface area contributed by atoms with Gasteiger partial charge in [0.15, 0.2) is 0 Å². The topological polar surface area (TPSA) is 54.1 Å². The van der Waals surface area contributed by atoms with Crippen LogP contribution < -0.4 is 10.1 Å². The second kappa shape index (κ2) is 6.45. The Morgan fingerprint density at radius 2 is 2.04 bits per heavy atom. The number of nitrogens with one attached hydrogen (secondary N) is 2. The van der Waals surface area contributed by atoms with E-state index in [-0.39, 0.29) is 11.9 Å².